The van der Waals surface area contributed by atoms with Crippen molar-refractivity contribution in [3.8, 4) is 11.4 Å². The molecule has 0 saturated carbocycles. The molecule has 0 spiro atoms. The second-order valence-corrected chi connectivity index (χ2v) is 9.40. The highest BCUT2D eigenvalue weighted by atomic mass is 15.0. The van der Waals surface area contributed by atoms with Crippen molar-refractivity contribution in [1.82, 2.24) is 9.13 Å². The lowest BCUT2D eigenvalue weighted by Crippen LogP contribution is -1.95. The predicted octanol–water partition coefficient (Wildman–Crippen LogP) is 9.03. The minimum absolute atomic E-state index is 1.18. The molecule has 6 aromatic carbocycles. The Labute approximate surface area is 208 Å². The summed E-state index contributed by atoms with van der Waals surface area (Å²) in [6.07, 6.45) is 0. The zero-order valence-corrected chi connectivity index (χ0v) is 19.6. The van der Waals surface area contributed by atoms with Crippen molar-refractivity contribution in [1.29, 1.82) is 0 Å². The SMILES string of the molecule is c1ccc(-n2c3ccccc3c3c4c(ccc5c6ccccc6n(-c6ccccc6)c54)ccc32)cc1. The molecular formula is C34H22N2. The molecule has 2 heterocycles. The highest BCUT2D eigenvalue weighted by molar-refractivity contribution is 6.30. The van der Waals surface area contributed by atoms with Crippen molar-refractivity contribution in [2.24, 2.45) is 0 Å². The highest BCUT2D eigenvalue weighted by Crippen LogP contribution is 2.43. The normalized spacial score (nSPS) is 11.9. The standard InChI is InChI=1S/C34H22N2/c1-3-11-24(12-4-1)35-30-18-10-8-16-28(30)33-31(35)22-20-23-19-21-27-26-15-7-9-17-29(26)36(34(27)32(23)33)25-13-5-2-6-14-25/h1-22H. The number of aromatic nitrogens is 2. The van der Waals surface area contributed by atoms with Crippen molar-refractivity contribution < 1.29 is 0 Å². The molecule has 36 heavy (non-hydrogen) atoms. The highest BCUT2D eigenvalue weighted by Gasteiger charge is 2.20. The van der Waals surface area contributed by atoms with Crippen LogP contribution in [0.2, 0.25) is 0 Å². The van der Waals surface area contributed by atoms with Crippen LogP contribution in [0.4, 0.5) is 0 Å². The summed E-state index contributed by atoms with van der Waals surface area (Å²) < 4.78 is 4.85. The van der Waals surface area contributed by atoms with Crippen LogP contribution >= 0.6 is 0 Å². The third kappa shape index (κ3) is 2.56. The van der Waals surface area contributed by atoms with Crippen LogP contribution in [0.25, 0.3) is 65.8 Å². The summed E-state index contributed by atoms with van der Waals surface area (Å²) in [5, 5.41) is 7.70. The zero-order chi connectivity index (χ0) is 23.6. The molecule has 2 nitrogen and oxygen atoms in total. The van der Waals surface area contributed by atoms with Gasteiger partial charge in [-0.3, -0.25) is 0 Å². The van der Waals surface area contributed by atoms with Crippen LogP contribution < -0.4 is 0 Å². The van der Waals surface area contributed by atoms with E-state index >= 15 is 0 Å². The first-order chi connectivity index (χ1) is 17.9. The summed E-state index contributed by atoms with van der Waals surface area (Å²) in [7, 11) is 0. The van der Waals surface area contributed by atoms with Crippen molar-refractivity contribution in [2.45, 2.75) is 0 Å². The molecule has 0 fully saturated rings. The molecule has 0 saturated heterocycles. The van der Waals surface area contributed by atoms with Gasteiger partial charge in [-0.2, -0.15) is 0 Å². The minimum atomic E-state index is 1.18. The maximum absolute atomic E-state index is 2.45. The van der Waals surface area contributed by atoms with Gasteiger partial charge in [0.05, 0.1) is 22.1 Å². The van der Waals surface area contributed by atoms with E-state index in [1.165, 1.54) is 65.8 Å². The largest absolute Gasteiger partial charge is 0.309 e. The van der Waals surface area contributed by atoms with E-state index < -0.39 is 0 Å². The first kappa shape index (κ1) is 19.5. The quantitative estimate of drug-likeness (QED) is 0.244. The fourth-order valence-corrected chi connectivity index (χ4v) is 6.02. The van der Waals surface area contributed by atoms with E-state index in [-0.39, 0.29) is 0 Å². The molecule has 8 rings (SSSR count). The summed E-state index contributed by atoms with van der Waals surface area (Å²) in [6.45, 7) is 0. The average molecular weight is 459 g/mol. The van der Waals surface area contributed by atoms with Crippen LogP contribution in [0.15, 0.2) is 133 Å². The van der Waals surface area contributed by atoms with Gasteiger partial charge in [-0.1, -0.05) is 91.0 Å². The van der Waals surface area contributed by atoms with Crippen molar-refractivity contribution in [3.63, 3.8) is 0 Å². The van der Waals surface area contributed by atoms with E-state index in [1.54, 1.807) is 0 Å². The molecule has 0 unspecified atom stereocenters. The van der Waals surface area contributed by atoms with Crippen molar-refractivity contribution in [2.75, 3.05) is 0 Å². The van der Waals surface area contributed by atoms with Gasteiger partial charge in [0.2, 0.25) is 0 Å². The predicted molar refractivity (Wildman–Crippen MR) is 153 cm³/mol. The first-order valence-corrected chi connectivity index (χ1v) is 12.4. The number of rotatable bonds is 2. The molecule has 2 aromatic heterocycles. The molecule has 8 aromatic rings. The number of hydrogen-bond donors (Lipinski definition) is 0. The lowest BCUT2D eigenvalue weighted by atomic mass is 10.0. The molecule has 0 aliphatic heterocycles. The van der Waals surface area contributed by atoms with Crippen LogP contribution in [-0.4, -0.2) is 9.13 Å². The Morgan fingerprint density at radius 2 is 0.889 bits per heavy atom. The molecule has 0 amide bonds. The summed E-state index contributed by atoms with van der Waals surface area (Å²) in [5.41, 5.74) is 7.31. The second kappa shape index (κ2) is 7.34. The summed E-state index contributed by atoms with van der Waals surface area (Å²) in [4.78, 5) is 0. The number of benzene rings is 6. The lowest BCUT2D eigenvalue weighted by Gasteiger charge is -2.11. The van der Waals surface area contributed by atoms with Gasteiger partial charge in [0.15, 0.2) is 0 Å². The van der Waals surface area contributed by atoms with Crippen molar-refractivity contribution >= 4 is 54.4 Å². The maximum atomic E-state index is 2.45. The van der Waals surface area contributed by atoms with Gasteiger partial charge in [0.25, 0.3) is 0 Å². The Morgan fingerprint density at radius 3 is 1.61 bits per heavy atom. The van der Waals surface area contributed by atoms with Gasteiger partial charge in [-0.25, -0.2) is 0 Å². The number of nitrogens with zero attached hydrogens (tertiary/aromatic N) is 2. The third-order valence-electron chi connectivity index (χ3n) is 7.48. The molecule has 0 aliphatic rings. The zero-order valence-electron chi connectivity index (χ0n) is 19.6. The van der Waals surface area contributed by atoms with Crippen LogP contribution in [0.5, 0.6) is 0 Å². The van der Waals surface area contributed by atoms with E-state index in [4.69, 9.17) is 0 Å². The molecular weight excluding hydrogens is 436 g/mol. The Kier molecular flexibility index (Phi) is 3.97. The minimum Gasteiger partial charge on any atom is -0.309 e. The van der Waals surface area contributed by atoms with Gasteiger partial charge in [-0.05, 0) is 47.9 Å². The maximum Gasteiger partial charge on any atom is 0.0626 e. The Hall–Kier alpha value is -4.82. The second-order valence-electron chi connectivity index (χ2n) is 9.40. The number of hydrogen-bond acceptors (Lipinski definition) is 0. The fourth-order valence-electron chi connectivity index (χ4n) is 6.02. The molecule has 0 radical (unpaired) electrons. The van der Waals surface area contributed by atoms with Crippen LogP contribution in [-0.2, 0) is 0 Å². The third-order valence-corrected chi connectivity index (χ3v) is 7.48. The Balaban J connectivity index is 1.68. The topological polar surface area (TPSA) is 9.86 Å². The number of para-hydroxylation sites is 4. The Bertz CT molecular complexity index is 2080. The van der Waals surface area contributed by atoms with Crippen LogP contribution in [0.1, 0.15) is 0 Å². The van der Waals surface area contributed by atoms with Crippen molar-refractivity contribution in [3.05, 3.63) is 133 Å². The molecule has 0 aliphatic carbocycles. The van der Waals surface area contributed by atoms with Gasteiger partial charge in [0.1, 0.15) is 0 Å². The van der Waals surface area contributed by atoms with Crippen LogP contribution in [0.3, 0.4) is 0 Å². The van der Waals surface area contributed by atoms with Gasteiger partial charge >= 0.3 is 0 Å². The Morgan fingerprint density at radius 1 is 0.333 bits per heavy atom. The van der Waals surface area contributed by atoms with E-state index in [2.05, 4.69) is 143 Å². The summed E-state index contributed by atoms with van der Waals surface area (Å²) in [6, 6.07) is 48.1. The van der Waals surface area contributed by atoms with Gasteiger partial charge in [0, 0.05) is 38.3 Å². The fraction of sp³-hybridized carbons (Fsp3) is 0. The lowest BCUT2D eigenvalue weighted by molar-refractivity contribution is 1.18. The van der Waals surface area contributed by atoms with E-state index in [0.717, 1.165) is 0 Å². The monoisotopic (exact) mass is 458 g/mol. The summed E-state index contributed by atoms with van der Waals surface area (Å²) in [5.74, 6) is 0. The molecule has 0 bridgehead atoms. The molecule has 168 valence electrons. The first-order valence-electron chi connectivity index (χ1n) is 12.4. The number of fused-ring (bicyclic) bond motifs is 9. The smallest absolute Gasteiger partial charge is 0.0626 e. The molecule has 0 atom stereocenters. The summed E-state index contributed by atoms with van der Waals surface area (Å²) >= 11 is 0. The van der Waals surface area contributed by atoms with E-state index in [9.17, 15) is 0 Å². The molecule has 0 N–H and O–H groups in total. The van der Waals surface area contributed by atoms with E-state index in [1.807, 2.05) is 0 Å². The van der Waals surface area contributed by atoms with Gasteiger partial charge < -0.3 is 9.13 Å². The molecule has 2 heteroatoms. The average Bonchev–Trinajstić information content (AvgIpc) is 3.47. The van der Waals surface area contributed by atoms with Crippen LogP contribution in [0, 0.1) is 0 Å². The van der Waals surface area contributed by atoms with Gasteiger partial charge in [-0.15, -0.1) is 0 Å². The van der Waals surface area contributed by atoms with E-state index in [0.29, 0.717) is 0 Å².